The number of amides is 1. The minimum absolute atomic E-state index is 0.160. The van der Waals surface area contributed by atoms with Crippen LogP contribution in [0.2, 0.25) is 0 Å². The number of primary amides is 1. The van der Waals surface area contributed by atoms with Gasteiger partial charge in [0.2, 0.25) is 5.91 Å². The fraction of sp³-hybridized carbons (Fsp3) is 0.857. The number of hydrogen-bond donors (Lipinski definition) is 2. The van der Waals surface area contributed by atoms with Gasteiger partial charge in [-0.2, -0.15) is 0 Å². The third-order valence-corrected chi connectivity index (χ3v) is 2.82. The Labute approximate surface area is 60.0 Å². The fourth-order valence-corrected chi connectivity index (χ4v) is 2.13. The highest BCUT2D eigenvalue weighted by atomic mass is 16.1. The zero-order valence-corrected chi connectivity index (χ0v) is 5.89. The van der Waals surface area contributed by atoms with E-state index in [0.717, 1.165) is 19.4 Å². The van der Waals surface area contributed by atoms with Crippen molar-refractivity contribution < 1.29 is 4.79 Å². The summed E-state index contributed by atoms with van der Waals surface area (Å²) >= 11 is 0. The Hall–Kier alpha value is -0.570. The Balaban J connectivity index is 2.23. The van der Waals surface area contributed by atoms with E-state index in [1.54, 1.807) is 0 Å². The Bertz CT molecular complexity index is 170. The average molecular weight is 140 g/mol. The SMILES string of the molecule is NC(=O)C12CCC(CN1)C2. The number of carbonyl (C=O) groups is 1. The van der Waals surface area contributed by atoms with Gasteiger partial charge >= 0.3 is 0 Å². The summed E-state index contributed by atoms with van der Waals surface area (Å²) < 4.78 is 0. The molecule has 2 bridgehead atoms. The molecule has 1 aliphatic heterocycles. The maximum atomic E-state index is 10.9. The van der Waals surface area contributed by atoms with Gasteiger partial charge in [0.25, 0.3) is 0 Å². The first-order valence-corrected chi connectivity index (χ1v) is 3.78. The van der Waals surface area contributed by atoms with Crippen molar-refractivity contribution in [2.24, 2.45) is 11.7 Å². The molecule has 0 aromatic heterocycles. The van der Waals surface area contributed by atoms with Gasteiger partial charge in [-0.25, -0.2) is 0 Å². The van der Waals surface area contributed by atoms with Crippen molar-refractivity contribution >= 4 is 5.91 Å². The lowest BCUT2D eigenvalue weighted by Gasteiger charge is -2.23. The average Bonchev–Trinajstić information content (AvgIpc) is 2.45. The number of fused-ring (bicyclic) bond motifs is 2. The molecule has 2 rings (SSSR count). The van der Waals surface area contributed by atoms with Crippen molar-refractivity contribution in [3.8, 4) is 0 Å². The number of nitrogens with one attached hydrogen (secondary N) is 1. The molecule has 0 radical (unpaired) electrons. The van der Waals surface area contributed by atoms with E-state index < -0.39 is 0 Å². The highest BCUT2D eigenvalue weighted by molar-refractivity contribution is 5.85. The number of rotatable bonds is 1. The molecule has 56 valence electrons. The summed E-state index contributed by atoms with van der Waals surface area (Å²) in [5.41, 5.74) is 4.97. The van der Waals surface area contributed by atoms with E-state index in [1.807, 2.05) is 0 Å². The number of piperidine rings is 1. The standard InChI is InChI=1S/C7H12N2O/c8-6(10)7-2-1-5(3-7)4-9-7/h5,9H,1-4H2,(H2,8,10). The maximum Gasteiger partial charge on any atom is 0.237 e. The molecule has 10 heavy (non-hydrogen) atoms. The van der Waals surface area contributed by atoms with Crippen molar-refractivity contribution in [2.75, 3.05) is 6.54 Å². The minimum Gasteiger partial charge on any atom is -0.368 e. The monoisotopic (exact) mass is 140 g/mol. The lowest BCUT2D eigenvalue weighted by Crippen LogP contribution is -2.51. The predicted octanol–water partition coefficient (Wildman–Crippen LogP) is -0.386. The van der Waals surface area contributed by atoms with E-state index in [2.05, 4.69) is 5.32 Å². The molecule has 1 aliphatic carbocycles. The summed E-state index contributed by atoms with van der Waals surface area (Å²) in [6.07, 6.45) is 3.10. The van der Waals surface area contributed by atoms with Crippen LogP contribution in [0, 0.1) is 5.92 Å². The second-order valence-electron chi connectivity index (χ2n) is 3.44. The molecule has 1 saturated heterocycles. The Kier molecular flexibility index (Phi) is 1.06. The van der Waals surface area contributed by atoms with Crippen LogP contribution in [0.4, 0.5) is 0 Å². The quantitative estimate of drug-likeness (QED) is 0.521. The van der Waals surface area contributed by atoms with Crippen LogP contribution in [0.15, 0.2) is 0 Å². The highest BCUT2D eigenvalue weighted by Gasteiger charge is 2.48. The van der Waals surface area contributed by atoms with E-state index in [0.29, 0.717) is 5.92 Å². The van der Waals surface area contributed by atoms with E-state index in [1.165, 1.54) is 6.42 Å². The van der Waals surface area contributed by atoms with Gasteiger partial charge < -0.3 is 11.1 Å². The first-order chi connectivity index (χ1) is 4.73. The predicted molar refractivity (Wildman–Crippen MR) is 37.3 cm³/mol. The summed E-state index contributed by atoms with van der Waals surface area (Å²) in [5, 5.41) is 3.19. The summed E-state index contributed by atoms with van der Waals surface area (Å²) in [6, 6.07) is 0. The third kappa shape index (κ3) is 0.611. The van der Waals surface area contributed by atoms with Crippen LogP contribution < -0.4 is 11.1 Å². The van der Waals surface area contributed by atoms with Crippen LogP contribution in [0.1, 0.15) is 19.3 Å². The van der Waals surface area contributed by atoms with E-state index in [-0.39, 0.29) is 11.4 Å². The van der Waals surface area contributed by atoms with Gasteiger partial charge in [-0.3, -0.25) is 4.79 Å². The van der Waals surface area contributed by atoms with Crippen LogP contribution in [0.3, 0.4) is 0 Å². The zero-order valence-electron chi connectivity index (χ0n) is 5.89. The second-order valence-corrected chi connectivity index (χ2v) is 3.44. The molecule has 3 N–H and O–H groups in total. The Morgan fingerprint density at radius 1 is 1.70 bits per heavy atom. The van der Waals surface area contributed by atoms with E-state index in [9.17, 15) is 4.79 Å². The van der Waals surface area contributed by atoms with Crippen molar-refractivity contribution in [1.29, 1.82) is 0 Å². The normalized spacial score (nSPS) is 44.2. The van der Waals surface area contributed by atoms with Crippen molar-refractivity contribution in [3.05, 3.63) is 0 Å². The molecular formula is C7H12N2O. The first-order valence-electron chi connectivity index (χ1n) is 3.78. The van der Waals surface area contributed by atoms with E-state index >= 15 is 0 Å². The molecule has 3 nitrogen and oxygen atoms in total. The number of carbonyl (C=O) groups excluding carboxylic acids is 1. The van der Waals surface area contributed by atoms with Crippen LogP contribution in [-0.2, 0) is 4.79 Å². The smallest absolute Gasteiger partial charge is 0.237 e. The molecule has 0 aromatic rings. The molecule has 3 heteroatoms. The van der Waals surface area contributed by atoms with Gasteiger partial charge in [-0.1, -0.05) is 0 Å². The molecule has 0 aromatic carbocycles. The zero-order chi connectivity index (χ0) is 7.19. The first kappa shape index (κ1) is 6.16. The minimum atomic E-state index is -0.301. The van der Waals surface area contributed by atoms with Crippen molar-refractivity contribution in [1.82, 2.24) is 5.32 Å². The topological polar surface area (TPSA) is 55.1 Å². The van der Waals surface area contributed by atoms with Crippen LogP contribution in [-0.4, -0.2) is 18.0 Å². The molecule has 2 unspecified atom stereocenters. The molecule has 0 spiro atoms. The molecule has 2 aliphatic rings. The molecule has 1 saturated carbocycles. The number of nitrogens with two attached hydrogens (primary N) is 1. The lowest BCUT2D eigenvalue weighted by molar-refractivity contribution is -0.123. The highest BCUT2D eigenvalue weighted by Crippen LogP contribution is 2.39. The molecule has 2 atom stereocenters. The third-order valence-electron chi connectivity index (χ3n) is 2.82. The van der Waals surface area contributed by atoms with Crippen molar-refractivity contribution in [2.45, 2.75) is 24.8 Å². The maximum absolute atomic E-state index is 10.9. The van der Waals surface area contributed by atoms with Crippen LogP contribution >= 0.6 is 0 Å². The molecule has 1 amide bonds. The van der Waals surface area contributed by atoms with Crippen molar-refractivity contribution in [3.63, 3.8) is 0 Å². The molecule has 1 heterocycles. The van der Waals surface area contributed by atoms with Crippen LogP contribution in [0.25, 0.3) is 0 Å². The summed E-state index contributed by atoms with van der Waals surface area (Å²) in [4.78, 5) is 10.9. The summed E-state index contributed by atoms with van der Waals surface area (Å²) in [7, 11) is 0. The van der Waals surface area contributed by atoms with Gasteiger partial charge in [0.1, 0.15) is 0 Å². The van der Waals surface area contributed by atoms with Gasteiger partial charge in [-0.05, 0) is 31.7 Å². The largest absolute Gasteiger partial charge is 0.368 e. The Morgan fingerprint density at radius 2 is 2.50 bits per heavy atom. The number of hydrogen-bond acceptors (Lipinski definition) is 2. The Morgan fingerprint density at radius 3 is 2.70 bits per heavy atom. The van der Waals surface area contributed by atoms with Gasteiger partial charge in [0.15, 0.2) is 0 Å². The molecular weight excluding hydrogens is 128 g/mol. The van der Waals surface area contributed by atoms with Gasteiger partial charge in [0.05, 0.1) is 5.54 Å². The van der Waals surface area contributed by atoms with Crippen LogP contribution in [0.5, 0.6) is 0 Å². The van der Waals surface area contributed by atoms with E-state index in [4.69, 9.17) is 5.73 Å². The van der Waals surface area contributed by atoms with Gasteiger partial charge in [-0.15, -0.1) is 0 Å². The van der Waals surface area contributed by atoms with Gasteiger partial charge in [0, 0.05) is 0 Å². The lowest BCUT2D eigenvalue weighted by atomic mass is 9.99. The second kappa shape index (κ2) is 1.72. The molecule has 2 fully saturated rings. The summed E-state index contributed by atoms with van der Waals surface area (Å²) in [6.45, 7) is 0.989. The fourth-order valence-electron chi connectivity index (χ4n) is 2.13. The summed E-state index contributed by atoms with van der Waals surface area (Å²) in [5.74, 6) is 0.556.